The van der Waals surface area contributed by atoms with E-state index in [0.29, 0.717) is 43.6 Å². The Morgan fingerprint density at radius 2 is 1.80 bits per heavy atom. The molecule has 30 heavy (non-hydrogen) atoms. The van der Waals surface area contributed by atoms with E-state index in [1.807, 2.05) is 53.2 Å². The quantitative estimate of drug-likeness (QED) is 0.657. The molecule has 0 radical (unpaired) electrons. The Labute approximate surface area is 179 Å². The van der Waals surface area contributed by atoms with Gasteiger partial charge in [-0.25, -0.2) is 0 Å². The summed E-state index contributed by atoms with van der Waals surface area (Å²) in [5.74, 6) is -0.257. The topological polar surface area (TPSA) is 76.5 Å². The van der Waals surface area contributed by atoms with E-state index in [-0.39, 0.29) is 24.8 Å². The molecule has 0 unspecified atom stereocenters. The van der Waals surface area contributed by atoms with Crippen molar-refractivity contribution in [2.75, 3.05) is 32.8 Å². The number of morpholine rings is 1. The van der Waals surface area contributed by atoms with Crippen molar-refractivity contribution in [1.82, 2.24) is 20.0 Å². The molecule has 2 aromatic carbocycles. The maximum absolute atomic E-state index is 12.8. The van der Waals surface area contributed by atoms with Gasteiger partial charge in [0.15, 0.2) is 5.69 Å². The third-order valence-electron chi connectivity index (χ3n) is 5.11. The van der Waals surface area contributed by atoms with E-state index in [4.69, 9.17) is 16.3 Å². The highest BCUT2D eigenvalue weighted by Gasteiger charge is 2.19. The van der Waals surface area contributed by atoms with E-state index >= 15 is 0 Å². The fourth-order valence-corrected chi connectivity index (χ4v) is 3.64. The van der Waals surface area contributed by atoms with Crippen LogP contribution in [0.25, 0.3) is 10.9 Å². The number of aromatic nitrogens is 2. The number of carbonyl (C=O) groups excluding carboxylic acids is 2. The van der Waals surface area contributed by atoms with Crippen LogP contribution in [0, 0.1) is 0 Å². The molecule has 2 heterocycles. The van der Waals surface area contributed by atoms with Crippen LogP contribution < -0.4 is 5.32 Å². The Morgan fingerprint density at radius 1 is 1.07 bits per heavy atom. The largest absolute Gasteiger partial charge is 0.378 e. The van der Waals surface area contributed by atoms with Crippen LogP contribution in [-0.2, 0) is 16.1 Å². The Kier molecular flexibility index (Phi) is 6.30. The summed E-state index contributed by atoms with van der Waals surface area (Å²) in [7, 11) is 0. The van der Waals surface area contributed by atoms with E-state index in [0.717, 1.165) is 16.5 Å². The van der Waals surface area contributed by atoms with Gasteiger partial charge in [0, 0.05) is 36.5 Å². The molecule has 0 saturated carbocycles. The molecule has 0 bridgehead atoms. The van der Waals surface area contributed by atoms with Crippen molar-refractivity contribution in [3.05, 3.63) is 64.8 Å². The Morgan fingerprint density at radius 3 is 2.57 bits per heavy atom. The van der Waals surface area contributed by atoms with Crippen LogP contribution in [0.15, 0.2) is 48.5 Å². The summed E-state index contributed by atoms with van der Waals surface area (Å²) in [6.07, 6.45) is 0.259. The predicted molar refractivity (Wildman–Crippen MR) is 115 cm³/mol. The van der Waals surface area contributed by atoms with Crippen molar-refractivity contribution >= 4 is 34.3 Å². The van der Waals surface area contributed by atoms with Crippen LogP contribution in [-0.4, -0.2) is 59.3 Å². The van der Waals surface area contributed by atoms with Gasteiger partial charge in [0.25, 0.3) is 5.91 Å². The third-order valence-corrected chi connectivity index (χ3v) is 5.36. The van der Waals surface area contributed by atoms with Gasteiger partial charge in [-0.15, -0.1) is 0 Å². The normalized spacial score (nSPS) is 14.1. The minimum atomic E-state index is -0.282. The molecule has 1 saturated heterocycles. The van der Waals surface area contributed by atoms with Gasteiger partial charge in [0.2, 0.25) is 5.91 Å². The molecule has 1 fully saturated rings. The smallest absolute Gasteiger partial charge is 0.272 e. The second-order valence-electron chi connectivity index (χ2n) is 7.15. The first-order chi connectivity index (χ1) is 14.6. The molecular formula is C22H23ClN4O3. The van der Waals surface area contributed by atoms with Gasteiger partial charge in [0.1, 0.15) is 0 Å². The number of nitrogens with zero attached hydrogens (tertiary/aromatic N) is 3. The Bertz CT molecular complexity index is 1040. The molecule has 8 heteroatoms. The number of rotatable bonds is 6. The molecular weight excluding hydrogens is 404 g/mol. The maximum Gasteiger partial charge on any atom is 0.272 e. The van der Waals surface area contributed by atoms with E-state index in [1.165, 1.54) is 0 Å². The lowest BCUT2D eigenvalue weighted by Crippen LogP contribution is -2.42. The third kappa shape index (κ3) is 4.63. The minimum absolute atomic E-state index is 0.0247. The number of hydrogen-bond donors (Lipinski definition) is 1. The first-order valence-electron chi connectivity index (χ1n) is 9.95. The van der Waals surface area contributed by atoms with E-state index in [9.17, 15) is 9.59 Å². The summed E-state index contributed by atoms with van der Waals surface area (Å²) >= 11 is 5.97. The molecule has 156 valence electrons. The number of benzene rings is 2. The molecule has 1 aromatic heterocycles. The summed E-state index contributed by atoms with van der Waals surface area (Å²) in [6.45, 7) is 3.14. The van der Waals surface area contributed by atoms with Crippen LogP contribution >= 0.6 is 11.6 Å². The summed E-state index contributed by atoms with van der Waals surface area (Å²) in [6, 6.07) is 15.2. The van der Waals surface area contributed by atoms with Gasteiger partial charge in [-0.1, -0.05) is 41.9 Å². The van der Waals surface area contributed by atoms with Crippen LogP contribution in [0.4, 0.5) is 0 Å². The zero-order valence-electron chi connectivity index (χ0n) is 16.5. The lowest BCUT2D eigenvalue weighted by Gasteiger charge is -2.26. The molecule has 0 aliphatic carbocycles. The molecule has 1 aliphatic heterocycles. The summed E-state index contributed by atoms with van der Waals surface area (Å²) in [5, 5.41) is 8.85. The lowest BCUT2D eigenvalue weighted by molar-refractivity contribution is -0.135. The molecule has 3 aromatic rings. The molecule has 4 rings (SSSR count). The molecule has 0 atom stereocenters. The van der Waals surface area contributed by atoms with Gasteiger partial charge in [-0.05, 0) is 23.8 Å². The van der Waals surface area contributed by atoms with Gasteiger partial charge in [0.05, 0.1) is 25.3 Å². The van der Waals surface area contributed by atoms with Crippen molar-refractivity contribution in [3.8, 4) is 0 Å². The minimum Gasteiger partial charge on any atom is -0.378 e. The van der Waals surface area contributed by atoms with Crippen LogP contribution in [0.3, 0.4) is 0 Å². The van der Waals surface area contributed by atoms with Crippen molar-refractivity contribution in [2.24, 2.45) is 0 Å². The van der Waals surface area contributed by atoms with Crippen LogP contribution in [0.2, 0.25) is 5.02 Å². The first-order valence-corrected chi connectivity index (χ1v) is 10.3. The lowest BCUT2D eigenvalue weighted by atomic mass is 10.2. The summed E-state index contributed by atoms with van der Waals surface area (Å²) < 4.78 is 7.07. The van der Waals surface area contributed by atoms with Crippen molar-refractivity contribution in [2.45, 2.75) is 13.0 Å². The fraction of sp³-hybridized carbons (Fsp3) is 0.318. The zero-order valence-corrected chi connectivity index (χ0v) is 17.3. The van der Waals surface area contributed by atoms with Gasteiger partial charge >= 0.3 is 0 Å². The van der Waals surface area contributed by atoms with Gasteiger partial charge < -0.3 is 15.0 Å². The van der Waals surface area contributed by atoms with Crippen molar-refractivity contribution in [1.29, 1.82) is 0 Å². The number of para-hydroxylation sites is 1. The first kappa shape index (κ1) is 20.4. The number of ether oxygens (including phenoxy) is 1. The highest BCUT2D eigenvalue weighted by Crippen LogP contribution is 2.20. The molecule has 7 nitrogen and oxygen atoms in total. The molecule has 1 aliphatic rings. The van der Waals surface area contributed by atoms with Gasteiger partial charge in [-0.2, -0.15) is 5.10 Å². The zero-order chi connectivity index (χ0) is 20.9. The number of carbonyl (C=O) groups is 2. The monoisotopic (exact) mass is 426 g/mol. The second-order valence-corrected chi connectivity index (χ2v) is 7.59. The summed E-state index contributed by atoms with van der Waals surface area (Å²) in [5.41, 5.74) is 2.27. The molecule has 1 N–H and O–H groups in total. The molecule has 2 amide bonds. The number of hydrogen-bond acceptors (Lipinski definition) is 4. The predicted octanol–water partition coefficient (Wildman–Crippen LogP) is 2.72. The standard InChI is InChI=1S/C22H23ClN4O3/c23-17-7-5-16(6-8-17)15-27-19-4-2-1-3-18(19)21(25-27)22(29)24-10-9-20(28)26-11-13-30-14-12-26/h1-8H,9-15H2,(H,24,29). The Hall–Kier alpha value is -2.90. The Balaban J connectivity index is 1.44. The van der Waals surface area contributed by atoms with Gasteiger partial charge in [-0.3, -0.25) is 14.3 Å². The van der Waals surface area contributed by atoms with Crippen molar-refractivity contribution < 1.29 is 14.3 Å². The van der Waals surface area contributed by atoms with Crippen LogP contribution in [0.1, 0.15) is 22.5 Å². The highest BCUT2D eigenvalue weighted by molar-refractivity contribution is 6.30. The summed E-state index contributed by atoms with van der Waals surface area (Å²) in [4.78, 5) is 26.8. The number of fused-ring (bicyclic) bond motifs is 1. The van der Waals surface area contributed by atoms with E-state index < -0.39 is 0 Å². The van der Waals surface area contributed by atoms with Crippen molar-refractivity contribution in [3.63, 3.8) is 0 Å². The number of nitrogens with one attached hydrogen (secondary N) is 1. The fourth-order valence-electron chi connectivity index (χ4n) is 3.52. The van der Waals surface area contributed by atoms with E-state index in [2.05, 4.69) is 10.4 Å². The average Bonchev–Trinajstić information content (AvgIpc) is 3.14. The average molecular weight is 427 g/mol. The number of halogens is 1. The van der Waals surface area contributed by atoms with E-state index in [1.54, 1.807) is 4.90 Å². The molecule has 0 spiro atoms. The second kappa shape index (κ2) is 9.28. The highest BCUT2D eigenvalue weighted by atomic mass is 35.5. The SMILES string of the molecule is O=C(NCCC(=O)N1CCOCC1)c1nn(Cc2ccc(Cl)cc2)c2ccccc12. The van der Waals surface area contributed by atoms with Crippen LogP contribution in [0.5, 0.6) is 0 Å². The number of amides is 2. The maximum atomic E-state index is 12.8.